The topological polar surface area (TPSA) is 241 Å². The number of fused-ring (bicyclic) bond motifs is 3. The molecule has 0 aliphatic carbocycles. The highest BCUT2D eigenvalue weighted by atomic mass is 79.9. The molecule has 4 aliphatic rings. The molecular formula is C82H86BBr2F3N18O8. The maximum atomic E-state index is 13.9. The second kappa shape index (κ2) is 35.1. The number of carbonyl (C=O) groups excluding carboxylic acids is 3. The largest absolute Gasteiger partial charge is 0.495 e. The zero-order valence-corrected chi connectivity index (χ0v) is 68.4. The zero-order chi connectivity index (χ0) is 81.4. The van der Waals surface area contributed by atoms with E-state index in [1.807, 2.05) is 105 Å². The standard InChI is InChI=1S/C28H34BFN4O4.C27H26FN7O2.C22H22BrFN4O2.C5H4BrN3/c1-27(2)28(3,4)38-29(37-27)22-14-19(17-34-12-10-32-26(34)31-5)13-21-20(22)9-11-33(25(21)35)16-18-7-8-23(30)24(15-18)36-6;1-29-25-22(16-33(3)32-25)20-11-18(15-35-10-8-31-27(35)30-2)12-21-19(20)7-9-34(26(21)36)14-17-5-6-23(28)24(13-17)37-4;1-25-22-26-6-8-28(22)13-15-9-17-16(18(23)10-15)5-7-27(21(17)29)12-14-3-4-19(24)20(11-14)30-2;1-7-5-4(6)3-9(2)8-5/h7-8,10,12-15H,9,11,16-17H2,1-6H3,(H,31,32);5-6,8,10-13,16H,7,9,14-15H2,2-4H3,(H,30,31);3-4,6,8-11H,5,7,12-13H2,1-2H3,(H,25,26);3H,2H3. The quantitative estimate of drug-likeness (QED) is 0.0475. The number of hydrogen-bond acceptors (Lipinski definition) is 16. The number of hydrogen-bond donors (Lipinski definition) is 3. The van der Waals surface area contributed by atoms with Gasteiger partial charge in [0.1, 0.15) is 0 Å². The molecule has 3 amide bonds. The summed E-state index contributed by atoms with van der Waals surface area (Å²) < 4.78 is 80.5. The number of halogens is 5. The smallest absolute Gasteiger partial charge is 0.494 e. The Morgan fingerprint density at radius 2 is 0.842 bits per heavy atom. The average Bonchev–Trinajstić information content (AvgIpc) is 1.23. The summed E-state index contributed by atoms with van der Waals surface area (Å²) in [6.07, 6.45) is 16.5. The first-order chi connectivity index (χ1) is 54.7. The third-order valence-corrected chi connectivity index (χ3v) is 21.9. The minimum absolute atomic E-state index is 0.0263. The van der Waals surface area contributed by atoms with E-state index in [0.717, 1.165) is 88.4 Å². The van der Waals surface area contributed by atoms with Gasteiger partial charge in [-0.25, -0.2) is 37.5 Å². The van der Waals surface area contributed by atoms with Crippen LogP contribution in [0.1, 0.15) is 109 Å². The van der Waals surface area contributed by atoms with Crippen molar-refractivity contribution in [3.05, 3.63) is 257 Å². The second-order valence-electron chi connectivity index (χ2n) is 28.5. The highest BCUT2D eigenvalue weighted by Gasteiger charge is 2.53. The lowest BCUT2D eigenvalue weighted by Gasteiger charge is -2.32. The van der Waals surface area contributed by atoms with E-state index in [1.54, 1.807) is 106 Å². The second-order valence-corrected chi connectivity index (χ2v) is 30.2. The van der Waals surface area contributed by atoms with Crippen molar-refractivity contribution in [1.29, 1.82) is 0 Å². The lowest BCUT2D eigenvalue weighted by Crippen LogP contribution is -2.44. The van der Waals surface area contributed by atoms with Crippen LogP contribution < -0.4 is 35.6 Å². The molecule has 32 heteroatoms. The van der Waals surface area contributed by atoms with Crippen LogP contribution in [0.2, 0.25) is 0 Å². The fraction of sp³-hybridized carbons (Fsp3) is 0.317. The minimum atomic E-state index is -0.582. The van der Waals surface area contributed by atoms with Gasteiger partial charge in [0.15, 0.2) is 34.7 Å². The van der Waals surface area contributed by atoms with Gasteiger partial charge in [-0.3, -0.25) is 14.4 Å². The summed E-state index contributed by atoms with van der Waals surface area (Å²) in [5.74, 6) is 1.93. The Morgan fingerprint density at radius 3 is 1.24 bits per heavy atom. The maximum absolute atomic E-state index is 13.9. The molecule has 0 bridgehead atoms. The summed E-state index contributed by atoms with van der Waals surface area (Å²) in [6.45, 7) is 26.7. The van der Waals surface area contributed by atoms with Gasteiger partial charge >= 0.3 is 18.8 Å². The fourth-order valence-electron chi connectivity index (χ4n) is 14.2. The molecule has 26 nitrogen and oxygen atoms in total. The van der Waals surface area contributed by atoms with Gasteiger partial charge in [-0.1, -0.05) is 75.3 Å². The number of amides is 3. The predicted octanol–water partition coefficient (Wildman–Crippen LogP) is 13.7. The van der Waals surface area contributed by atoms with Crippen molar-refractivity contribution in [1.82, 2.24) is 62.9 Å². The number of nitrogens with zero attached hydrogens (tertiary/aromatic N) is 15. The molecule has 4 aliphatic heterocycles. The molecule has 0 saturated carbocycles. The van der Waals surface area contributed by atoms with Gasteiger partial charge in [0, 0.05) is 151 Å². The van der Waals surface area contributed by atoms with Crippen LogP contribution in [0.5, 0.6) is 17.2 Å². The highest BCUT2D eigenvalue weighted by Crippen LogP contribution is 2.40. The van der Waals surface area contributed by atoms with Gasteiger partial charge in [0.05, 0.1) is 56.6 Å². The summed E-state index contributed by atoms with van der Waals surface area (Å²) >= 11 is 6.82. The SMILES string of the molecule is CNc1nccn1Cc1cc(B2OC(C)(C)C(C)(C)O2)c2c(c1)C(=O)N(Cc1ccc(F)c(OC)c1)CC2.CNc1nccn1Cc1cc(Br)c2c(c1)C(=O)N(Cc1ccc(F)c(OC)c1)CC2.[C-]#[N+]c1nn(C)cc1-c1cc(Cn2ccnc2NC)cc2c1CCN(Cc1ccc(F)c(OC)c1)C2=O.[C-]#[N+]c1nn(C)cc1Br. The molecule has 1 fully saturated rings. The van der Waals surface area contributed by atoms with Crippen molar-refractivity contribution in [3.8, 4) is 28.4 Å². The number of methoxy groups -OCH3 is 3. The normalized spacial score (nSPS) is 14.4. The summed E-state index contributed by atoms with van der Waals surface area (Å²) in [6, 6.07) is 26.1. The van der Waals surface area contributed by atoms with Crippen molar-refractivity contribution in [3.63, 3.8) is 0 Å². The van der Waals surface area contributed by atoms with Crippen LogP contribution in [0.3, 0.4) is 0 Å². The fourth-order valence-corrected chi connectivity index (χ4v) is 15.4. The zero-order valence-electron chi connectivity index (χ0n) is 65.2. The molecule has 0 spiro atoms. The van der Waals surface area contributed by atoms with Crippen molar-refractivity contribution in [2.24, 2.45) is 14.1 Å². The average molecular weight is 1680 g/mol. The lowest BCUT2D eigenvalue weighted by atomic mass is 9.72. The van der Waals surface area contributed by atoms with Gasteiger partial charge in [0.2, 0.25) is 17.8 Å². The maximum Gasteiger partial charge on any atom is 0.495 e. The number of aromatic nitrogens is 10. The molecule has 590 valence electrons. The van der Waals surface area contributed by atoms with E-state index < -0.39 is 35.8 Å². The minimum Gasteiger partial charge on any atom is -0.494 e. The van der Waals surface area contributed by atoms with Crippen LogP contribution in [-0.2, 0) is 81.9 Å². The Bertz CT molecular complexity index is 5490. The van der Waals surface area contributed by atoms with Crippen LogP contribution >= 0.6 is 31.9 Å². The van der Waals surface area contributed by atoms with Gasteiger partial charge in [-0.15, -0.1) is 0 Å². The van der Waals surface area contributed by atoms with E-state index in [0.29, 0.717) is 112 Å². The van der Waals surface area contributed by atoms with Crippen LogP contribution in [0, 0.1) is 30.6 Å². The van der Waals surface area contributed by atoms with Crippen LogP contribution in [0.15, 0.2) is 150 Å². The van der Waals surface area contributed by atoms with E-state index in [1.165, 1.54) is 39.5 Å². The molecule has 6 aromatic carbocycles. The molecule has 15 rings (SSSR count). The summed E-state index contributed by atoms with van der Waals surface area (Å²) in [5, 5.41) is 17.4. The predicted molar refractivity (Wildman–Crippen MR) is 435 cm³/mol. The molecule has 1 saturated heterocycles. The number of rotatable bonds is 20. The van der Waals surface area contributed by atoms with Gasteiger partial charge < -0.3 is 77.6 Å². The molecule has 9 heterocycles. The first kappa shape index (κ1) is 81.8. The first-order valence-electron chi connectivity index (χ1n) is 36.6. The number of aryl methyl sites for hydroxylation is 2. The van der Waals surface area contributed by atoms with Gasteiger partial charge in [-0.05, 0) is 179 Å². The van der Waals surface area contributed by atoms with E-state index in [4.69, 9.17) is 36.7 Å². The molecule has 3 N–H and O–H groups in total. The number of benzene rings is 6. The molecule has 11 aromatic rings. The summed E-state index contributed by atoms with van der Waals surface area (Å²) in [7, 11) is 12.7. The lowest BCUT2D eigenvalue weighted by molar-refractivity contribution is 0.00578. The molecule has 0 unspecified atom stereocenters. The number of nitrogens with one attached hydrogen (secondary N) is 3. The van der Waals surface area contributed by atoms with Gasteiger partial charge in [0.25, 0.3) is 17.7 Å². The van der Waals surface area contributed by atoms with Crippen molar-refractivity contribution in [2.75, 3.05) is 78.1 Å². The Labute approximate surface area is 676 Å². The third kappa shape index (κ3) is 17.9. The number of anilines is 3. The number of carbonyl (C=O) groups is 3. The Morgan fingerprint density at radius 1 is 0.474 bits per heavy atom. The highest BCUT2D eigenvalue weighted by molar-refractivity contribution is 9.11. The van der Waals surface area contributed by atoms with E-state index >= 15 is 0 Å². The van der Waals surface area contributed by atoms with Crippen molar-refractivity contribution in [2.45, 2.75) is 97.4 Å². The van der Waals surface area contributed by atoms with Crippen molar-refractivity contribution < 1.29 is 51.1 Å². The Kier molecular flexibility index (Phi) is 25.2. The first-order valence-corrected chi connectivity index (χ1v) is 38.1. The van der Waals surface area contributed by atoms with Crippen LogP contribution in [0.4, 0.5) is 42.7 Å². The number of ether oxygens (including phenoxy) is 3. The Hall–Kier alpha value is -11.7. The summed E-state index contributed by atoms with van der Waals surface area (Å²) in [4.78, 5) is 65.9. The number of imidazole rings is 3. The molecular weight excluding hydrogens is 1590 g/mol. The molecule has 0 atom stereocenters. The van der Waals surface area contributed by atoms with Crippen molar-refractivity contribution >= 4 is 91.6 Å². The molecule has 5 aromatic heterocycles. The third-order valence-electron chi connectivity index (χ3n) is 20.6. The molecule has 0 radical (unpaired) electrons. The van der Waals surface area contributed by atoms with Crippen LogP contribution in [-0.4, -0.2) is 161 Å². The van der Waals surface area contributed by atoms with Crippen LogP contribution in [0.25, 0.3) is 20.8 Å². The van der Waals surface area contributed by atoms with E-state index in [-0.39, 0.29) is 35.0 Å². The van der Waals surface area contributed by atoms with E-state index in [2.05, 4.69) is 94.8 Å². The summed E-state index contributed by atoms with van der Waals surface area (Å²) in [5.41, 5.74) is 11.5. The van der Waals surface area contributed by atoms with E-state index in [9.17, 15) is 27.6 Å². The van der Waals surface area contributed by atoms with Gasteiger partial charge in [-0.2, -0.15) is 0 Å². The monoisotopic (exact) mass is 1680 g/mol. The molecule has 114 heavy (non-hydrogen) atoms. The Balaban J connectivity index is 0.000000150.